The van der Waals surface area contributed by atoms with Gasteiger partial charge in [-0.1, -0.05) is 71.2 Å². The molecule has 0 aliphatic heterocycles. The lowest BCUT2D eigenvalue weighted by Crippen LogP contribution is -2.07. The Labute approximate surface area is 286 Å². The number of ether oxygens (including phenoxy) is 3. The summed E-state index contributed by atoms with van der Waals surface area (Å²) in [5, 5.41) is 1.39. The van der Waals surface area contributed by atoms with E-state index >= 15 is 0 Å². The van der Waals surface area contributed by atoms with Crippen LogP contribution >= 0.6 is 42.6 Å². The molecule has 6 aromatic rings. The molecule has 0 radical (unpaired) electrons. The van der Waals surface area contributed by atoms with E-state index in [1.165, 1.54) is 0 Å². The van der Waals surface area contributed by atoms with Gasteiger partial charge in [0, 0.05) is 0 Å². The van der Waals surface area contributed by atoms with Crippen LogP contribution in [-0.2, 0) is 4.57 Å². The predicted molar refractivity (Wildman–Crippen MR) is 183 cm³/mol. The predicted octanol–water partition coefficient (Wildman–Crippen LogP) is 12.7. The zero-order chi connectivity index (χ0) is 32.6. The van der Waals surface area contributed by atoms with Crippen LogP contribution in [0.3, 0.4) is 0 Å². The van der Waals surface area contributed by atoms with E-state index in [0.717, 1.165) is 0 Å². The van der Waals surface area contributed by atoms with Crippen molar-refractivity contribution in [1.29, 1.82) is 0 Å². The topological polar surface area (TPSA) is 72.5 Å². The van der Waals surface area contributed by atoms with E-state index in [0.29, 0.717) is 49.6 Å². The summed E-state index contributed by atoms with van der Waals surface area (Å²) in [6, 6.07) is 40.6. The quantitative estimate of drug-likeness (QED) is 0.117. The molecule has 0 saturated heterocycles. The molecule has 0 spiro atoms. The van der Waals surface area contributed by atoms with Crippen molar-refractivity contribution in [1.82, 2.24) is 0 Å². The van der Waals surface area contributed by atoms with Crippen molar-refractivity contribution in [3.63, 3.8) is 0 Å². The maximum absolute atomic E-state index is 14.2. The van der Waals surface area contributed by atoms with Crippen LogP contribution < -0.4 is 27.8 Å². The van der Waals surface area contributed by atoms with Gasteiger partial charge in [-0.15, -0.1) is 0 Å². The monoisotopic (exact) mass is 704 g/mol. The van der Waals surface area contributed by atoms with Crippen molar-refractivity contribution in [3.05, 3.63) is 161 Å². The van der Waals surface area contributed by atoms with Gasteiger partial charge >= 0.3 is 7.82 Å². The molecule has 0 bridgehead atoms. The number of hydrogen-bond acceptors (Lipinski definition) is 7. The molecule has 0 N–H and O–H groups in total. The summed E-state index contributed by atoms with van der Waals surface area (Å²) in [5.74, 6) is 3.56. The molecular formula is C36H24Cl3O7P. The van der Waals surface area contributed by atoms with Crippen molar-refractivity contribution in [3.8, 4) is 51.7 Å². The molecule has 0 aromatic heterocycles. The van der Waals surface area contributed by atoms with Crippen molar-refractivity contribution in [2.45, 2.75) is 0 Å². The largest absolute Gasteiger partial charge is 0.647 e. The van der Waals surface area contributed by atoms with Crippen LogP contribution in [0.1, 0.15) is 0 Å². The van der Waals surface area contributed by atoms with E-state index in [1.54, 1.807) is 109 Å². The molecule has 11 heteroatoms. The molecule has 0 aliphatic rings. The van der Waals surface area contributed by atoms with Crippen LogP contribution in [0.5, 0.6) is 51.7 Å². The maximum Gasteiger partial charge on any atom is 0.647 e. The van der Waals surface area contributed by atoms with Crippen LogP contribution in [0.2, 0.25) is 15.1 Å². The van der Waals surface area contributed by atoms with Crippen molar-refractivity contribution in [2.24, 2.45) is 0 Å². The number of benzene rings is 6. The molecular weight excluding hydrogens is 682 g/mol. The molecule has 6 aromatic carbocycles. The molecule has 236 valence electrons. The lowest BCUT2D eigenvalue weighted by Gasteiger charge is -2.20. The molecule has 0 atom stereocenters. The number of hydrogen-bond donors (Lipinski definition) is 0. The van der Waals surface area contributed by atoms with Crippen LogP contribution in [0.4, 0.5) is 0 Å². The summed E-state index contributed by atoms with van der Waals surface area (Å²) in [7, 11) is -4.34. The second kappa shape index (κ2) is 14.8. The molecule has 47 heavy (non-hydrogen) atoms. The van der Waals surface area contributed by atoms with E-state index in [9.17, 15) is 4.57 Å². The highest BCUT2D eigenvalue weighted by atomic mass is 35.5. The average Bonchev–Trinajstić information content (AvgIpc) is 3.07. The first-order chi connectivity index (χ1) is 22.8. The molecule has 6 rings (SSSR count). The lowest BCUT2D eigenvalue weighted by atomic mass is 10.3. The summed E-state index contributed by atoms with van der Waals surface area (Å²) < 4.78 is 49.3. The molecule has 0 aliphatic carbocycles. The fourth-order valence-electron chi connectivity index (χ4n) is 4.11. The van der Waals surface area contributed by atoms with Gasteiger partial charge in [-0.25, -0.2) is 0 Å². The standard InChI is InChI=1S/C36H24Cl3O7P/c37-31-7-1-4-10-34(31)41-25-13-19-28(20-14-25)44-47(40,45-29-21-15-26(16-22-29)42-35-11-5-2-8-32(35)38)46-30-23-17-27(18-24-30)43-36-12-6-3-9-33(36)39/h1-24H. The summed E-state index contributed by atoms with van der Waals surface area (Å²) in [6.07, 6.45) is 0. The summed E-state index contributed by atoms with van der Waals surface area (Å²) >= 11 is 18.6. The Balaban J connectivity index is 1.20. The molecule has 7 nitrogen and oxygen atoms in total. The highest BCUT2D eigenvalue weighted by molar-refractivity contribution is 7.49. The van der Waals surface area contributed by atoms with Crippen LogP contribution in [0.15, 0.2) is 146 Å². The fraction of sp³-hybridized carbons (Fsp3) is 0. The number of phosphoric ester groups is 1. The Morgan fingerprint density at radius 3 is 0.830 bits per heavy atom. The zero-order valence-corrected chi connectivity index (χ0v) is 27.5. The Hall–Kier alpha value is -4.78. The highest BCUT2D eigenvalue weighted by Gasteiger charge is 2.33. The molecule has 0 heterocycles. The van der Waals surface area contributed by atoms with Crippen LogP contribution in [0, 0.1) is 0 Å². The number of halogens is 3. The summed E-state index contributed by atoms with van der Waals surface area (Å²) in [6.45, 7) is 0. The Bertz CT molecular complexity index is 1770. The minimum absolute atomic E-state index is 0.206. The first-order valence-corrected chi connectivity index (χ1v) is 16.7. The average molecular weight is 706 g/mol. The molecule has 0 amide bonds. The number of rotatable bonds is 12. The normalized spacial score (nSPS) is 11.0. The van der Waals surface area contributed by atoms with Gasteiger partial charge in [0.2, 0.25) is 0 Å². The third kappa shape index (κ3) is 8.73. The van der Waals surface area contributed by atoms with E-state index in [-0.39, 0.29) is 17.2 Å². The van der Waals surface area contributed by atoms with Gasteiger partial charge in [-0.05, 0) is 109 Å². The molecule has 0 fully saturated rings. The molecule has 0 saturated carbocycles. The van der Waals surface area contributed by atoms with Gasteiger partial charge in [-0.2, -0.15) is 4.57 Å². The van der Waals surface area contributed by atoms with Gasteiger partial charge in [0.05, 0.1) is 15.1 Å². The van der Waals surface area contributed by atoms with E-state index < -0.39 is 7.82 Å². The smallest absolute Gasteiger partial charge is 0.456 e. The SMILES string of the molecule is O=P(Oc1ccc(Oc2ccccc2Cl)cc1)(Oc1ccc(Oc2ccccc2Cl)cc1)Oc1ccc(Oc2ccccc2Cl)cc1. The van der Waals surface area contributed by atoms with Crippen molar-refractivity contribution in [2.75, 3.05) is 0 Å². The van der Waals surface area contributed by atoms with E-state index in [2.05, 4.69) is 0 Å². The van der Waals surface area contributed by atoms with Crippen LogP contribution in [0.25, 0.3) is 0 Å². The van der Waals surface area contributed by atoms with Crippen LogP contribution in [-0.4, -0.2) is 0 Å². The lowest BCUT2D eigenvalue weighted by molar-refractivity contribution is 0.298. The minimum atomic E-state index is -4.34. The minimum Gasteiger partial charge on any atom is -0.456 e. The number of para-hydroxylation sites is 3. The van der Waals surface area contributed by atoms with Gasteiger partial charge in [0.25, 0.3) is 0 Å². The summed E-state index contributed by atoms with van der Waals surface area (Å²) in [5.41, 5.74) is 0. The Morgan fingerprint density at radius 1 is 0.340 bits per heavy atom. The van der Waals surface area contributed by atoms with Gasteiger partial charge in [-0.3, -0.25) is 0 Å². The van der Waals surface area contributed by atoms with Gasteiger partial charge in [0.15, 0.2) is 0 Å². The number of phosphoric acid groups is 1. The second-order valence-corrected chi connectivity index (χ2v) is 12.4. The Kier molecular flexibility index (Phi) is 10.1. The van der Waals surface area contributed by atoms with Gasteiger partial charge in [0.1, 0.15) is 51.7 Å². The first-order valence-electron chi connectivity index (χ1n) is 14.1. The second-order valence-electron chi connectivity index (χ2n) is 9.73. The summed E-state index contributed by atoms with van der Waals surface area (Å²) in [4.78, 5) is 0. The van der Waals surface area contributed by atoms with Crippen molar-refractivity contribution >= 4 is 42.6 Å². The zero-order valence-electron chi connectivity index (χ0n) is 24.3. The van der Waals surface area contributed by atoms with E-state index in [4.69, 9.17) is 62.6 Å². The van der Waals surface area contributed by atoms with Crippen molar-refractivity contribution < 1.29 is 32.3 Å². The van der Waals surface area contributed by atoms with Gasteiger partial charge < -0.3 is 27.8 Å². The maximum atomic E-state index is 14.2. The third-order valence-corrected chi connectivity index (χ3v) is 8.56. The fourth-order valence-corrected chi connectivity index (χ4v) is 5.89. The third-order valence-electron chi connectivity index (χ3n) is 6.32. The first kappa shape index (κ1) is 32.2. The Morgan fingerprint density at radius 2 is 0.574 bits per heavy atom. The molecule has 0 unspecified atom stereocenters. The highest BCUT2D eigenvalue weighted by Crippen LogP contribution is 2.50. The van der Waals surface area contributed by atoms with E-state index in [1.807, 2.05) is 36.4 Å².